The molecule has 164 valence electrons. The lowest BCUT2D eigenvalue weighted by Crippen LogP contribution is -2.26. The van der Waals surface area contributed by atoms with Gasteiger partial charge in [-0.25, -0.2) is 0 Å². The van der Waals surface area contributed by atoms with Crippen molar-refractivity contribution in [1.82, 2.24) is 0 Å². The molecule has 1 nitrogen and oxygen atoms in total. The number of unbranched alkanes of at least 4 members (excludes halogenated alkanes) is 7. The van der Waals surface area contributed by atoms with Crippen molar-refractivity contribution >= 4 is 5.78 Å². The van der Waals surface area contributed by atoms with E-state index in [4.69, 9.17) is 0 Å². The van der Waals surface area contributed by atoms with Crippen molar-refractivity contribution in [3.8, 4) is 11.1 Å². The van der Waals surface area contributed by atoms with Gasteiger partial charge in [0.2, 0.25) is 0 Å². The van der Waals surface area contributed by atoms with Gasteiger partial charge in [-0.1, -0.05) is 137 Å². The van der Waals surface area contributed by atoms with Gasteiger partial charge >= 0.3 is 0 Å². The molecule has 1 aliphatic carbocycles. The van der Waals surface area contributed by atoms with Crippen molar-refractivity contribution in [2.24, 2.45) is 5.41 Å². The minimum Gasteiger partial charge on any atom is -0.299 e. The number of ketones is 1. The first-order valence-corrected chi connectivity index (χ1v) is 12.2. The van der Waals surface area contributed by atoms with Gasteiger partial charge < -0.3 is 0 Å². The van der Waals surface area contributed by atoms with Crippen molar-refractivity contribution in [2.45, 2.75) is 77.6 Å². The summed E-state index contributed by atoms with van der Waals surface area (Å²) in [5.41, 5.74) is 3.35. The normalized spacial score (nSPS) is 20.1. The second-order valence-corrected chi connectivity index (χ2v) is 9.05. The zero-order valence-corrected chi connectivity index (χ0v) is 19.4. The smallest absolute Gasteiger partial charge is 0.143 e. The van der Waals surface area contributed by atoms with Gasteiger partial charge in [0.15, 0.2) is 0 Å². The standard InChI is InChI=1S/C30H38O/c1-3-4-5-6-7-8-9-13-22-30(25(2)31)23-20-29(21-24-30)28-18-16-27(17-19-28)26-14-11-10-12-15-26/h10-12,14-21,23-24,29H,3-9,13,22H2,1-2H3. The van der Waals surface area contributed by atoms with Crippen LogP contribution < -0.4 is 0 Å². The van der Waals surface area contributed by atoms with Crippen LogP contribution in [0.2, 0.25) is 0 Å². The minimum absolute atomic E-state index is 0.246. The van der Waals surface area contributed by atoms with E-state index >= 15 is 0 Å². The van der Waals surface area contributed by atoms with E-state index in [-0.39, 0.29) is 11.7 Å². The van der Waals surface area contributed by atoms with Crippen LogP contribution in [0.3, 0.4) is 0 Å². The Hall–Kier alpha value is -2.41. The number of hydrogen-bond acceptors (Lipinski definition) is 1. The zero-order valence-electron chi connectivity index (χ0n) is 19.4. The van der Waals surface area contributed by atoms with Crippen molar-refractivity contribution in [3.63, 3.8) is 0 Å². The summed E-state index contributed by atoms with van der Waals surface area (Å²) in [4.78, 5) is 12.5. The molecule has 0 heterocycles. The molecule has 0 bridgehead atoms. The highest BCUT2D eigenvalue weighted by Crippen LogP contribution is 2.37. The summed E-state index contributed by atoms with van der Waals surface area (Å²) in [5, 5.41) is 0. The topological polar surface area (TPSA) is 17.1 Å². The van der Waals surface area contributed by atoms with Gasteiger partial charge in [0.25, 0.3) is 0 Å². The third kappa shape index (κ3) is 6.53. The summed E-state index contributed by atoms with van der Waals surface area (Å²) in [6.45, 7) is 4.01. The van der Waals surface area contributed by atoms with Gasteiger partial charge in [-0.2, -0.15) is 0 Å². The molecule has 0 unspecified atom stereocenters. The molecule has 0 spiro atoms. The Morgan fingerprint density at radius 3 is 1.87 bits per heavy atom. The van der Waals surface area contributed by atoms with E-state index in [9.17, 15) is 4.79 Å². The fraction of sp³-hybridized carbons (Fsp3) is 0.433. The largest absolute Gasteiger partial charge is 0.299 e. The summed E-state index contributed by atoms with van der Waals surface area (Å²) in [7, 11) is 0. The molecule has 2 aromatic carbocycles. The van der Waals surface area contributed by atoms with Crippen molar-refractivity contribution in [3.05, 3.63) is 84.5 Å². The molecule has 1 aliphatic rings. The molecule has 0 saturated heterocycles. The Kier molecular flexibility index (Phi) is 8.88. The number of rotatable bonds is 12. The number of benzene rings is 2. The first kappa shape index (κ1) is 23.3. The summed E-state index contributed by atoms with van der Waals surface area (Å²) in [6, 6.07) is 19.3. The first-order chi connectivity index (χ1) is 15.1. The second-order valence-electron chi connectivity index (χ2n) is 9.05. The van der Waals surface area contributed by atoms with E-state index < -0.39 is 5.41 Å². The lowest BCUT2D eigenvalue weighted by molar-refractivity contribution is -0.122. The molecule has 3 rings (SSSR count). The molecular weight excluding hydrogens is 376 g/mol. The van der Waals surface area contributed by atoms with E-state index in [0.29, 0.717) is 0 Å². The van der Waals surface area contributed by atoms with E-state index in [1.165, 1.54) is 61.6 Å². The molecule has 0 saturated carbocycles. The molecule has 0 radical (unpaired) electrons. The molecule has 0 aliphatic heterocycles. The van der Waals surface area contributed by atoms with Crippen LogP contribution in [0.15, 0.2) is 78.9 Å². The molecule has 0 aromatic heterocycles. The van der Waals surface area contributed by atoms with E-state index in [1.54, 1.807) is 6.92 Å². The highest BCUT2D eigenvalue weighted by Gasteiger charge is 2.31. The number of hydrogen-bond donors (Lipinski definition) is 0. The van der Waals surface area contributed by atoms with Crippen LogP contribution in [-0.4, -0.2) is 5.78 Å². The molecule has 31 heavy (non-hydrogen) atoms. The lowest BCUT2D eigenvalue weighted by atomic mass is 9.74. The highest BCUT2D eigenvalue weighted by atomic mass is 16.1. The molecule has 2 aromatic rings. The maximum absolute atomic E-state index is 12.5. The Labute approximate surface area is 189 Å². The van der Waals surface area contributed by atoms with Crippen LogP contribution in [0.5, 0.6) is 0 Å². The van der Waals surface area contributed by atoms with Gasteiger partial charge in [0, 0.05) is 5.92 Å². The Balaban J connectivity index is 1.54. The van der Waals surface area contributed by atoms with Crippen molar-refractivity contribution in [2.75, 3.05) is 0 Å². The Bertz CT molecular complexity index is 843. The summed E-state index contributed by atoms with van der Waals surface area (Å²) in [6.07, 6.45) is 20.1. The average molecular weight is 415 g/mol. The van der Waals surface area contributed by atoms with E-state index in [0.717, 1.165) is 12.8 Å². The predicted molar refractivity (Wildman–Crippen MR) is 133 cm³/mol. The van der Waals surface area contributed by atoms with Crippen LogP contribution in [0, 0.1) is 5.41 Å². The molecule has 1 heteroatoms. The monoisotopic (exact) mass is 414 g/mol. The van der Waals surface area contributed by atoms with E-state index in [2.05, 4.69) is 79.8 Å². The van der Waals surface area contributed by atoms with Crippen molar-refractivity contribution in [1.29, 1.82) is 0 Å². The minimum atomic E-state index is -0.400. The zero-order chi connectivity index (χ0) is 21.9. The van der Waals surface area contributed by atoms with Gasteiger partial charge in [0.05, 0.1) is 5.41 Å². The Morgan fingerprint density at radius 1 is 0.742 bits per heavy atom. The van der Waals surface area contributed by atoms with Gasteiger partial charge in [-0.3, -0.25) is 4.79 Å². The van der Waals surface area contributed by atoms with Crippen LogP contribution in [0.4, 0.5) is 0 Å². The van der Waals surface area contributed by atoms with Crippen LogP contribution in [-0.2, 0) is 4.79 Å². The number of carbonyl (C=O) groups is 1. The fourth-order valence-electron chi connectivity index (χ4n) is 4.55. The molecule has 0 amide bonds. The highest BCUT2D eigenvalue weighted by molar-refractivity contribution is 5.87. The number of allylic oxidation sites excluding steroid dienone is 4. The maximum Gasteiger partial charge on any atom is 0.143 e. The van der Waals surface area contributed by atoms with Crippen LogP contribution in [0.25, 0.3) is 11.1 Å². The van der Waals surface area contributed by atoms with Gasteiger partial charge in [0.1, 0.15) is 5.78 Å². The molecule has 0 fully saturated rings. The Morgan fingerprint density at radius 2 is 1.29 bits per heavy atom. The number of carbonyl (C=O) groups excluding carboxylic acids is 1. The number of Topliss-reactive ketones (excluding diaryl/α,β-unsaturated/α-hetero) is 1. The average Bonchev–Trinajstić information content (AvgIpc) is 2.82. The van der Waals surface area contributed by atoms with Crippen LogP contribution in [0.1, 0.15) is 83.1 Å². The molecule has 0 N–H and O–H groups in total. The summed E-state index contributed by atoms with van der Waals surface area (Å²) in [5.74, 6) is 0.511. The predicted octanol–water partition coefficient (Wildman–Crippen LogP) is 8.67. The third-order valence-electron chi connectivity index (χ3n) is 6.70. The van der Waals surface area contributed by atoms with Crippen LogP contribution >= 0.6 is 0 Å². The van der Waals surface area contributed by atoms with Gasteiger partial charge in [-0.05, 0) is 30.0 Å². The summed E-state index contributed by atoms with van der Waals surface area (Å²) < 4.78 is 0. The third-order valence-corrected chi connectivity index (χ3v) is 6.70. The summed E-state index contributed by atoms with van der Waals surface area (Å²) >= 11 is 0. The van der Waals surface area contributed by atoms with Crippen molar-refractivity contribution < 1.29 is 4.79 Å². The van der Waals surface area contributed by atoms with E-state index in [1.807, 2.05) is 6.07 Å². The molecular formula is C30H38O. The SMILES string of the molecule is CCCCCCCCCCC1(C(C)=O)C=CC(c2ccc(-c3ccccc3)cc2)C=C1. The molecule has 0 atom stereocenters. The lowest BCUT2D eigenvalue weighted by Gasteiger charge is -2.29. The second kappa shape index (κ2) is 11.8. The fourth-order valence-corrected chi connectivity index (χ4v) is 4.55. The van der Waals surface area contributed by atoms with Gasteiger partial charge in [-0.15, -0.1) is 0 Å². The quantitative estimate of drug-likeness (QED) is 0.251. The first-order valence-electron chi connectivity index (χ1n) is 12.2. The maximum atomic E-state index is 12.5.